The topological polar surface area (TPSA) is 630 Å². The number of benzene rings is 1. The third-order valence-corrected chi connectivity index (χ3v) is 16.5. The third kappa shape index (κ3) is 45.2. The number of nitrogens with two attached hydrogens (primary N) is 10. The van der Waals surface area contributed by atoms with Crippen LogP contribution in [0.4, 0.5) is 11.6 Å². The van der Waals surface area contributed by atoms with Gasteiger partial charge >= 0.3 is 0 Å². The van der Waals surface area contributed by atoms with Gasteiger partial charge < -0.3 is 120 Å². The molecule has 101 heavy (non-hydrogen) atoms. The Morgan fingerprint density at radius 1 is 0.406 bits per heavy atom. The molecule has 0 saturated carbocycles. The molecule has 1 heterocycles. The number of hydrogen-bond donors (Lipinski definition) is 25. The van der Waals surface area contributed by atoms with Crippen molar-refractivity contribution in [3.63, 3.8) is 0 Å². The molecule has 0 spiro atoms. The SMILES string of the molecule is N=C(N)NCCCC[C@H](N)C(=O)NCCCN(CCCNC(=O)[C@@H](N)CCCCNC(=N)N)CCCN(CCCN(CCCNC(=O)[C@@H](N)CCCCNC(=N)N)CCCNC(=O)[C@@H](N)CCCCNC(=N)N)CCOc1ccc(CCCCNC(=N)NC(=O)c2nc(Cl)c(N)nc2N)cc1. The Labute approximate surface area is 600 Å². The molecule has 0 radical (unpaired) electrons. The molecule has 0 bridgehead atoms. The van der Waals surface area contributed by atoms with Crippen LogP contribution in [-0.4, -0.2) is 233 Å². The van der Waals surface area contributed by atoms with Crippen molar-refractivity contribution in [3.05, 3.63) is 40.7 Å². The Balaban J connectivity index is 2.23. The van der Waals surface area contributed by atoms with Gasteiger partial charge in [0.05, 0.1) is 24.2 Å². The average molecular weight is 1440 g/mol. The zero-order valence-electron chi connectivity index (χ0n) is 59.2. The number of guanidine groups is 5. The number of amides is 5. The van der Waals surface area contributed by atoms with E-state index in [2.05, 4.69) is 77.8 Å². The van der Waals surface area contributed by atoms with Gasteiger partial charge in [-0.25, -0.2) is 9.97 Å². The van der Waals surface area contributed by atoms with Crippen LogP contribution >= 0.6 is 11.6 Å². The van der Waals surface area contributed by atoms with E-state index in [-0.39, 0.29) is 75.9 Å². The highest BCUT2D eigenvalue weighted by Gasteiger charge is 2.20. The van der Waals surface area contributed by atoms with E-state index in [9.17, 15) is 24.0 Å². The number of nitrogens with zero attached hydrogens (tertiary/aromatic N) is 5. The summed E-state index contributed by atoms with van der Waals surface area (Å²) >= 11 is 5.91. The lowest BCUT2D eigenvalue weighted by Gasteiger charge is -2.28. The molecule has 4 atom stereocenters. The van der Waals surface area contributed by atoms with Crippen molar-refractivity contribution in [3.8, 4) is 5.75 Å². The number of aryl methyl sites for hydroxylation is 1. The first kappa shape index (κ1) is 88.7. The van der Waals surface area contributed by atoms with E-state index >= 15 is 0 Å². The molecule has 0 saturated heterocycles. The fourth-order valence-corrected chi connectivity index (χ4v) is 10.7. The summed E-state index contributed by atoms with van der Waals surface area (Å²) in [6.07, 6.45) is 14.2. The largest absolute Gasteiger partial charge is 0.492 e. The molecule has 5 amide bonds. The predicted octanol–water partition coefficient (Wildman–Crippen LogP) is -2.42. The van der Waals surface area contributed by atoms with Crippen molar-refractivity contribution < 1.29 is 28.7 Å². The molecule has 0 fully saturated rings. The van der Waals surface area contributed by atoms with Crippen LogP contribution in [-0.2, 0) is 25.6 Å². The number of carbonyl (C=O) groups excluding carboxylic acids is 5. The second kappa shape index (κ2) is 54.4. The Bertz CT molecular complexity index is 2550. The van der Waals surface area contributed by atoms with E-state index in [1.807, 2.05) is 24.3 Å². The Hall–Kier alpha value is -8.39. The Morgan fingerprint density at radius 3 is 1.08 bits per heavy atom. The first-order valence-electron chi connectivity index (χ1n) is 35.4. The van der Waals surface area contributed by atoms with Gasteiger partial charge in [0.25, 0.3) is 5.91 Å². The molecule has 1 aromatic carbocycles. The van der Waals surface area contributed by atoms with E-state index in [0.29, 0.717) is 182 Å². The van der Waals surface area contributed by atoms with Crippen molar-refractivity contribution in [2.24, 2.45) is 45.9 Å². The zero-order chi connectivity index (χ0) is 74.6. The van der Waals surface area contributed by atoms with Gasteiger partial charge in [-0.3, -0.25) is 61.2 Å². The minimum absolute atomic E-state index is 0.102. The maximum Gasteiger partial charge on any atom is 0.280 e. The molecule has 2 aromatic rings. The highest BCUT2D eigenvalue weighted by atomic mass is 35.5. The van der Waals surface area contributed by atoms with Crippen molar-refractivity contribution in [1.29, 1.82) is 27.0 Å². The molecule has 572 valence electrons. The number of nitrogen functional groups attached to an aromatic ring is 2. The number of carbonyl (C=O) groups is 5. The van der Waals surface area contributed by atoms with Crippen molar-refractivity contribution in [2.45, 2.75) is 159 Å². The smallest absolute Gasteiger partial charge is 0.280 e. The summed E-state index contributed by atoms with van der Waals surface area (Å²) in [5.41, 5.74) is 58.8. The number of aromatic nitrogens is 2. The van der Waals surface area contributed by atoms with Crippen LogP contribution in [0.1, 0.15) is 144 Å². The summed E-state index contributed by atoms with van der Waals surface area (Å²) in [6.45, 7) is 10.9. The maximum absolute atomic E-state index is 13.0. The summed E-state index contributed by atoms with van der Waals surface area (Å²) in [5.74, 6) is -1.86. The Kier molecular flexibility index (Phi) is 47.8. The fraction of sp³-hybridized carbons (Fsp3) is 0.688. The summed E-state index contributed by atoms with van der Waals surface area (Å²) < 4.78 is 6.38. The number of hydrogen-bond acceptors (Lipinski definition) is 22. The third-order valence-electron chi connectivity index (χ3n) is 16.2. The van der Waals surface area contributed by atoms with Gasteiger partial charge in [0.15, 0.2) is 52.3 Å². The standard InChI is InChI=1S/C64H123ClN30O6/c65-52-54(71)91-53(70)51(90-52)59(100)92-64(80)89-30-6-1-17-45-22-24-46(25-23-45)101-44-43-95(41-15-39-93(35-11-31-81-55(96)47(66)18-2-7-26-85-60(72)73)36-12-32-82-56(97)48(67)19-3-8-27-86-61(74)75)42-16-40-94(37-13-33-83-57(98)49(68)20-4-9-28-87-62(76)77)38-14-34-84-58(99)50(69)21-5-10-29-88-63(78)79/h22-25,47-50H,1-21,26-44,66-69H2,(H,81,96)(H,82,97)(H,83,98)(H,84,99)(H4,70,71,91)(H4,72,73,85)(H4,74,75,86)(H4,76,77,87)(H4,78,79,88)(H3,80,89,92,100)/t47-,48-,49-,50-/m0/s1. The molecule has 35 N–H and O–H groups in total. The van der Waals surface area contributed by atoms with Gasteiger partial charge in [0.1, 0.15) is 12.4 Å². The highest BCUT2D eigenvalue weighted by Crippen LogP contribution is 2.18. The van der Waals surface area contributed by atoms with Crippen LogP contribution in [0, 0.1) is 27.0 Å². The molecule has 36 nitrogen and oxygen atoms in total. The first-order chi connectivity index (χ1) is 48.3. The molecule has 2 rings (SSSR count). The van der Waals surface area contributed by atoms with Crippen LogP contribution < -0.4 is 115 Å². The minimum Gasteiger partial charge on any atom is -0.492 e. The van der Waals surface area contributed by atoms with Crippen LogP contribution in [0.15, 0.2) is 24.3 Å². The average Bonchev–Trinajstić information content (AvgIpc) is 0.838. The lowest BCUT2D eigenvalue weighted by atomic mass is 10.1. The first-order valence-corrected chi connectivity index (χ1v) is 35.8. The fourth-order valence-electron chi connectivity index (χ4n) is 10.5. The van der Waals surface area contributed by atoms with Crippen LogP contribution in [0.2, 0.25) is 5.15 Å². The van der Waals surface area contributed by atoms with Crippen LogP contribution in [0.25, 0.3) is 0 Å². The van der Waals surface area contributed by atoms with Crippen molar-refractivity contribution in [2.75, 3.05) is 136 Å². The van der Waals surface area contributed by atoms with Gasteiger partial charge in [-0.15, -0.1) is 0 Å². The summed E-state index contributed by atoms with van der Waals surface area (Å²) in [7, 11) is 0. The molecule has 0 aliphatic rings. The van der Waals surface area contributed by atoms with Crippen molar-refractivity contribution >= 4 is 82.6 Å². The number of nitrogens with one attached hydrogen (secondary N) is 15. The summed E-state index contributed by atoms with van der Waals surface area (Å²) in [4.78, 5) is 79.3. The molecule has 1 aromatic heterocycles. The van der Waals surface area contributed by atoms with E-state index in [4.69, 9.17) is 101 Å². The van der Waals surface area contributed by atoms with Gasteiger partial charge in [0, 0.05) is 65.4 Å². The van der Waals surface area contributed by atoms with E-state index < -0.39 is 30.1 Å². The number of ether oxygens (including phenoxy) is 1. The van der Waals surface area contributed by atoms with Gasteiger partial charge in [0.2, 0.25) is 23.6 Å². The molecule has 0 aliphatic heterocycles. The minimum atomic E-state index is -0.744. The van der Waals surface area contributed by atoms with Crippen molar-refractivity contribution in [1.82, 2.24) is 77.8 Å². The summed E-state index contributed by atoms with van der Waals surface area (Å²) in [5, 5.41) is 65.7. The van der Waals surface area contributed by atoms with Gasteiger partial charge in [-0.05, 0) is 205 Å². The number of unbranched alkanes of at least 4 members (excludes halogenated alkanes) is 5. The monoisotopic (exact) mass is 1440 g/mol. The number of halogens is 1. The molecular weight excluding hydrogens is 1320 g/mol. The van der Waals surface area contributed by atoms with Crippen LogP contribution in [0.5, 0.6) is 5.75 Å². The van der Waals surface area contributed by atoms with Crippen LogP contribution in [0.3, 0.4) is 0 Å². The second-order valence-electron chi connectivity index (χ2n) is 24.9. The second-order valence-corrected chi connectivity index (χ2v) is 25.3. The summed E-state index contributed by atoms with van der Waals surface area (Å²) in [6, 6.07) is 5.31. The van der Waals surface area contributed by atoms with Gasteiger partial charge in [-0.2, -0.15) is 0 Å². The zero-order valence-corrected chi connectivity index (χ0v) is 60.0. The molecule has 0 unspecified atom stereocenters. The predicted molar refractivity (Wildman–Crippen MR) is 400 cm³/mol. The normalized spacial score (nSPS) is 12.4. The number of rotatable bonds is 58. The molecular formula is C64H123ClN30O6. The lowest BCUT2D eigenvalue weighted by Crippen LogP contribution is -2.42. The lowest BCUT2D eigenvalue weighted by molar-refractivity contribution is -0.123. The van der Waals surface area contributed by atoms with E-state index in [0.717, 1.165) is 88.9 Å². The quantitative estimate of drug-likeness (QED) is 0.0186. The highest BCUT2D eigenvalue weighted by molar-refractivity contribution is 6.31. The van der Waals surface area contributed by atoms with Gasteiger partial charge in [-0.1, -0.05) is 23.7 Å². The maximum atomic E-state index is 13.0. The van der Waals surface area contributed by atoms with E-state index in [1.165, 1.54) is 0 Å². The Morgan fingerprint density at radius 2 is 0.723 bits per heavy atom. The molecule has 37 heteroatoms. The molecule has 0 aliphatic carbocycles. The number of anilines is 2. The van der Waals surface area contributed by atoms with E-state index in [1.54, 1.807) is 0 Å².